The van der Waals surface area contributed by atoms with E-state index in [4.69, 9.17) is 0 Å². The van der Waals surface area contributed by atoms with Crippen LogP contribution >= 0.6 is 0 Å². The quantitative estimate of drug-likeness (QED) is 0.608. The largest absolute Gasteiger partial charge is 0.0949 e. The van der Waals surface area contributed by atoms with Crippen LogP contribution in [0, 0.1) is 0 Å². The topological polar surface area (TPSA) is 0 Å². The van der Waals surface area contributed by atoms with Gasteiger partial charge in [0.1, 0.15) is 0 Å². The van der Waals surface area contributed by atoms with Crippen molar-refractivity contribution in [3.05, 3.63) is 83.0 Å². The highest BCUT2D eigenvalue weighted by molar-refractivity contribution is 5.67. The molecule has 0 saturated heterocycles. The summed E-state index contributed by atoms with van der Waals surface area (Å²) in [5.74, 6) is 2.12. The van der Waals surface area contributed by atoms with Crippen LogP contribution in [0.1, 0.15) is 58.8 Å². The second kappa shape index (κ2) is 3.09. The van der Waals surface area contributed by atoms with Crippen LogP contribution in [0.5, 0.6) is 0 Å². The summed E-state index contributed by atoms with van der Waals surface area (Å²) < 4.78 is 0. The highest BCUT2D eigenvalue weighted by Crippen LogP contribution is 2.63. The molecule has 1 aromatic rings. The van der Waals surface area contributed by atoms with Crippen molar-refractivity contribution in [1.29, 1.82) is 0 Å². The van der Waals surface area contributed by atoms with E-state index in [0.717, 1.165) is 0 Å². The van der Waals surface area contributed by atoms with Crippen molar-refractivity contribution >= 4 is 0 Å². The summed E-state index contributed by atoms with van der Waals surface area (Å²) in [6.07, 6.45) is 2.40. The number of hydrogen-bond donors (Lipinski definition) is 0. The van der Waals surface area contributed by atoms with Gasteiger partial charge in [0.2, 0.25) is 0 Å². The Morgan fingerprint density at radius 2 is 0.800 bits per heavy atom. The van der Waals surface area contributed by atoms with Crippen LogP contribution in [-0.2, 0) is 0 Å². The van der Waals surface area contributed by atoms with E-state index in [1.807, 2.05) is 0 Å². The first-order valence-corrected chi connectivity index (χ1v) is 7.51. The number of fused-ring (bicyclic) bond motifs is 10. The summed E-state index contributed by atoms with van der Waals surface area (Å²) in [6.45, 7) is 17.0. The molecule has 4 atom stereocenters. The van der Waals surface area contributed by atoms with Gasteiger partial charge < -0.3 is 0 Å². The molecule has 2 fully saturated rings. The molecular weight excluding hydrogens is 240 g/mol. The number of hydrogen-bond acceptors (Lipinski definition) is 0. The van der Waals surface area contributed by atoms with Crippen LogP contribution in [0.15, 0.2) is 60.7 Å². The third-order valence-electron chi connectivity index (χ3n) is 6.24. The van der Waals surface area contributed by atoms with Crippen molar-refractivity contribution in [2.75, 3.05) is 0 Å². The lowest BCUT2D eigenvalue weighted by molar-refractivity contribution is 0.796. The molecule has 20 heavy (non-hydrogen) atoms. The van der Waals surface area contributed by atoms with Gasteiger partial charge in [-0.2, -0.15) is 0 Å². The Hall–Kier alpha value is -1.82. The van der Waals surface area contributed by atoms with E-state index in [2.05, 4.69) is 38.4 Å². The molecule has 0 heterocycles. The molecule has 0 unspecified atom stereocenters. The Morgan fingerprint density at radius 3 is 1.05 bits per heavy atom. The molecular formula is C20H18. The fourth-order valence-electron chi connectivity index (χ4n) is 5.07. The van der Waals surface area contributed by atoms with Gasteiger partial charge in [-0.15, -0.1) is 0 Å². The van der Waals surface area contributed by atoms with E-state index in [1.54, 1.807) is 0 Å². The zero-order valence-corrected chi connectivity index (χ0v) is 11.7. The zero-order chi connectivity index (χ0) is 13.8. The van der Waals surface area contributed by atoms with E-state index in [0.29, 0.717) is 23.7 Å². The second-order valence-electron chi connectivity index (χ2n) is 6.89. The number of allylic oxidation sites excluding steroid dienone is 4. The molecule has 0 aromatic heterocycles. The minimum Gasteiger partial charge on any atom is -0.0949 e. The normalized spacial score (nSPS) is 36.0. The predicted molar refractivity (Wildman–Crippen MR) is 83.2 cm³/mol. The maximum absolute atomic E-state index is 4.25. The average molecular weight is 258 g/mol. The van der Waals surface area contributed by atoms with Gasteiger partial charge in [-0.25, -0.2) is 0 Å². The van der Waals surface area contributed by atoms with Crippen LogP contribution in [-0.4, -0.2) is 0 Å². The zero-order valence-electron chi connectivity index (χ0n) is 11.7. The lowest BCUT2D eigenvalue weighted by atomic mass is 9.78. The maximum Gasteiger partial charge on any atom is 0.00983 e. The first kappa shape index (κ1) is 10.9. The van der Waals surface area contributed by atoms with Gasteiger partial charge in [-0.1, -0.05) is 38.4 Å². The van der Waals surface area contributed by atoms with E-state index in [-0.39, 0.29) is 0 Å². The Balaban J connectivity index is 1.76. The maximum atomic E-state index is 4.25. The Morgan fingerprint density at radius 1 is 0.550 bits per heavy atom. The van der Waals surface area contributed by atoms with E-state index in [9.17, 15) is 0 Å². The van der Waals surface area contributed by atoms with Gasteiger partial charge in [0.05, 0.1) is 0 Å². The van der Waals surface area contributed by atoms with Crippen LogP contribution in [0.25, 0.3) is 0 Å². The van der Waals surface area contributed by atoms with Crippen LogP contribution in [0.4, 0.5) is 0 Å². The first-order chi connectivity index (χ1) is 9.58. The van der Waals surface area contributed by atoms with Crippen LogP contribution in [0.2, 0.25) is 0 Å². The summed E-state index contributed by atoms with van der Waals surface area (Å²) in [4.78, 5) is 0. The number of benzene rings is 1. The van der Waals surface area contributed by atoms with Gasteiger partial charge in [-0.3, -0.25) is 0 Å². The molecule has 98 valence electrons. The molecule has 5 rings (SSSR count). The summed E-state index contributed by atoms with van der Waals surface area (Å²) in [5.41, 5.74) is 11.2. The molecule has 0 heteroatoms. The molecule has 1 aromatic carbocycles. The highest BCUT2D eigenvalue weighted by Gasteiger charge is 2.47. The van der Waals surface area contributed by atoms with Gasteiger partial charge in [0, 0.05) is 23.7 Å². The van der Waals surface area contributed by atoms with Crippen molar-refractivity contribution in [3.8, 4) is 0 Å². The summed E-state index contributed by atoms with van der Waals surface area (Å²) in [5, 5.41) is 0. The molecule has 4 aliphatic carbocycles. The Labute approximate surface area is 120 Å². The van der Waals surface area contributed by atoms with Crippen molar-refractivity contribution in [1.82, 2.24) is 0 Å². The standard InChI is InChI=1S/C20H18/c1-9-10(2)14-5-13(9)17-7-19-15-6-16(12(4)11(15)3)20(19)8-18(14)17/h7-8,13-16H,1-6H2/t13-,14+,15-,16+. The van der Waals surface area contributed by atoms with Crippen LogP contribution < -0.4 is 0 Å². The van der Waals surface area contributed by atoms with Crippen molar-refractivity contribution in [2.24, 2.45) is 0 Å². The molecule has 0 radical (unpaired) electrons. The third kappa shape index (κ3) is 0.964. The first-order valence-electron chi connectivity index (χ1n) is 7.51. The lowest BCUT2D eigenvalue weighted by Gasteiger charge is -2.26. The summed E-state index contributed by atoms with van der Waals surface area (Å²) in [7, 11) is 0. The van der Waals surface area contributed by atoms with Crippen molar-refractivity contribution in [3.63, 3.8) is 0 Å². The van der Waals surface area contributed by atoms with Crippen molar-refractivity contribution in [2.45, 2.75) is 36.5 Å². The lowest BCUT2D eigenvalue weighted by Crippen LogP contribution is -2.09. The highest BCUT2D eigenvalue weighted by atomic mass is 14.5. The van der Waals surface area contributed by atoms with Gasteiger partial charge in [0.15, 0.2) is 0 Å². The molecule has 4 bridgehead atoms. The monoisotopic (exact) mass is 258 g/mol. The average Bonchev–Trinajstić information content (AvgIpc) is 3.13. The molecule has 0 aliphatic heterocycles. The summed E-state index contributed by atoms with van der Waals surface area (Å²) >= 11 is 0. The minimum absolute atomic E-state index is 0.531. The Kier molecular flexibility index (Phi) is 1.68. The van der Waals surface area contributed by atoms with Gasteiger partial charge in [0.25, 0.3) is 0 Å². The molecule has 2 saturated carbocycles. The molecule has 4 aliphatic rings. The van der Waals surface area contributed by atoms with E-state index in [1.165, 1.54) is 57.4 Å². The fraction of sp³-hybridized carbons (Fsp3) is 0.300. The smallest absolute Gasteiger partial charge is 0.00983 e. The number of rotatable bonds is 0. The molecule has 0 N–H and O–H groups in total. The van der Waals surface area contributed by atoms with E-state index >= 15 is 0 Å². The molecule has 0 spiro atoms. The minimum atomic E-state index is 0.531. The third-order valence-corrected chi connectivity index (χ3v) is 6.24. The fourth-order valence-corrected chi connectivity index (χ4v) is 5.07. The van der Waals surface area contributed by atoms with Gasteiger partial charge >= 0.3 is 0 Å². The van der Waals surface area contributed by atoms with Crippen molar-refractivity contribution < 1.29 is 0 Å². The predicted octanol–water partition coefficient (Wildman–Crippen LogP) is 5.08. The van der Waals surface area contributed by atoms with E-state index < -0.39 is 0 Å². The summed E-state index contributed by atoms with van der Waals surface area (Å²) in [6, 6.07) is 4.94. The molecule has 0 amide bonds. The Bertz CT molecular complexity index is 634. The SMILES string of the molecule is C=C1C(=C)[C@@H]2C[C@H]1c1cc3c(cc12)[C@H]1C[C@@H]3C(=C)C1=C. The second-order valence-corrected chi connectivity index (χ2v) is 6.89. The van der Waals surface area contributed by atoms with Gasteiger partial charge in [-0.05, 0) is 57.4 Å². The van der Waals surface area contributed by atoms with Crippen LogP contribution in [0.3, 0.4) is 0 Å². The molecule has 0 nitrogen and oxygen atoms in total.